The standard InChI is InChI=1S/C28H47BN4O7S/c1-19(2)22(32-25(35)38-26(3,4)5)23(34)33-14-12-20(13-15-33)11-10-16-41(36,37)24-30-17-21(18-31-24)29-39-27(6,7)28(8,9)40-29/h17-20,22H,10-16H2,1-9H3,(H,32,35). The zero-order chi connectivity index (χ0) is 30.8. The van der Waals surface area contributed by atoms with Crippen LogP contribution >= 0.6 is 0 Å². The number of carbonyl (C=O) groups is 2. The van der Waals surface area contributed by atoms with E-state index in [4.69, 9.17) is 14.0 Å². The Morgan fingerprint density at radius 1 is 1.10 bits per heavy atom. The molecule has 3 rings (SSSR count). The molecule has 0 saturated carbocycles. The van der Waals surface area contributed by atoms with Crippen molar-refractivity contribution in [2.24, 2.45) is 11.8 Å². The fourth-order valence-electron chi connectivity index (χ4n) is 4.83. The highest BCUT2D eigenvalue weighted by Crippen LogP contribution is 2.36. The number of nitrogens with one attached hydrogen (secondary N) is 1. The number of amides is 2. The highest BCUT2D eigenvalue weighted by atomic mass is 32.2. The molecule has 11 nitrogen and oxygen atoms in total. The summed E-state index contributed by atoms with van der Waals surface area (Å²) in [7, 11) is -4.29. The van der Waals surface area contributed by atoms with Gasteiger partial charge in [-0.05, 0) is 86.0 Å². The molecule has 3 heterocycles. The summed E-state index contributed by atoms with van der Waals surface area (Å²) in [4.78, 5) is 35.4. The van der Waals surface area contributed by atoms with Crippen molar-refractivity contribution in [3.05, 3.63) is 12.4 Å². The quantitative estimate of drug-likeness (QED) is 0.338. The summed E-state index contributed by atoms with van der Waals surface area (Å²) in [5, 5.41) is 2.53. The first-order valence-corrected chi connectivity index (χ1v) is 16.2. The number of hydrogen-bond donors (Lipinski definition) is 1. The average Bonchev–Trinajstić information content (AvgIpc) is 3.08. The van der Waals surface area contributed by atoms with Gasteiger partial charge in [-0.25, -0.2) is 23.2 Å². The van der Waals surface area contributed by atoms with E-state index in [0.29, 0.717) is 30.9 Å². The van der Waals surface area contributed by atoms with Crippen LogP contribution in [-0.2, 0) is 28.7 Å². The van der Waals surface area contributed by atoms with Gasteiger partial charge in [-0.2, -0.15) is 0 Å². The van der Waals surface area contributed by atoms with Crippen molar-refractivity contribution in [3.63, 3.8) is 0 Å². The molecule has 1 unspecified atom stereocenters. The van der Waals surface area contributed by atoms with Crippen LogP contribution in [0.1, 0.15) is 88.0 Å². The molecule has 2 aliphatic rings. The number of nitrogens with zero attached hydrogens (tertiary/aromatic N) is 3. The highest BCUT2D eigenvalue weighted by molar-refractivity contribution is 7.91. The van der Waals surface area contributed by atoms with Crippen LogP contribution in [0.3, 0.4) is 0 Å². The van der Waals surface area contributed by atoms with E-state index in [2.05, 4.69) is 15.3 Å². The fraction of sp³-hybridized carbons (Fsp3) is 0.786. The lowest BCUT2D eigenvalue weighted by Crippen LogP contribution is -2.53. The van der Waals surface area contributed by atoms with Crippen molar-refractivity contribution in [2.75, 3.05) is 18.8 Å². The summed E-state index contributed by atoms with van der Waals surface area (Å²) in [6, 6.07) is -0.664. The molecule has 1 N–H and O–H groups in total. The Hall–Kier alpha value is -2.25. The number of rotatable bonds is 9. The fourth-order valence-corrected chi connectivity index (χ4v) is 5.98. The second-order valence-corrected chi connectivity index (χ2v) is 15.5. The lowest BCUT2D eigenvalue weighted by molar-refractivity contribution is -0.136. The van der Waals surface area contributed by atoms with Gasteiger partial charge in [0, 0.05) is 30.9 Å². The predicted molar refractivity (Wildman–Crippen MR) is 156 cm³/mol. The third-order valence-corrected chi connectivity index (χ3v) is 9.60. The van der Waals surface area contributed by atoms with Gasteiger partial charge in [-0.1, -0.05) is 13.8 Å². The third-order valence-electron chi connectivity index (χ3n) is 8.01. The number of carbonyl (C=O) groups excluding carboxylic acids is 2. The van der Waals surface area contributed by atoms with E-state index in [1.807, 2.05) is 41.5 Å². The molecule has 1 atom stereocenters. The number of piperidine rings is 1. The van der Waals surface area contributed by atoms with E-state index in [9.17, 15) is 18.0 Å². The number of sulfone groups is 1. The van der Waals surface area contributed by atoms with Crippen molar-refractivity contribution >= 4 is 34.4 Å². The van der Waals surface area contributed by atoms with Crippen LogP contribution < -0.4 is 10.8 Å². The van der Waals surface area contributed by atoms with Gasteiger partial charge in [0.15, 0.2) is 0 Å². The molecule has 1 aromatic rings. The smallest absolute Gasteiger partial charge is 0.444 e. The SMILES string of the molecule is CC(C)C(NC(=O)OC(C)(C)C)C(=O)N1CCC(CCCS(=O)(=O)c2ncc(B3OC(C)(C)C(C)(C)O3)cn2)CC1. The van der Waals surface area contributed by atoms with E-state index in [1.165, 1.54) is 12.4 Å². The number of likely N-dealkylation sites (tertiary alicyclic amines) is 1. The maximum atomic E-state index is 13.2. The van der Waals surface area contributed by atoms with E-state index < -0.39 is 45.9 Å². The second-order valence-electron chi connectivity index (χ2n) is 13.5. The summed E-state index contributed by atoms with van der Waals surface area (Å²) in [5.41, 5.74) is -1.10. The van der Waals surface area contributed by atoms with Crippen LogP contribution in [0.5, 0.6) is 0 Å². The van der Waals surface area contributed by atoms with Gasteiger partial charge in [-0.15, -0.1) is 0 Å². The van der Waals surface area contributed by atoms with Gasteiger partial charge in [0.05, 0.1) is 17.0 Å². The molecule has 1 aromatic heterocycles. The zero-order valence-electron chi connectivity index (χ0n) is 26.0. The minimum Gasteiger partial charge on any atom is -0.444 e. The van der Waals surface area contributed by atoms with Crippen LogP contribution in [0, 0.1) is 11.8 Å². The summed E-state index contributed by atoms with van der Waals surface area (Å²) < 4.78 is 43.1. The van der Waals surface area contributed by atoms with Crippen LogP contribution in [0.2, 0.25) is 0 Å². The van der Waals surface area contributed by atoms with E-state index in [0.717, 1.165) is 19.3 Å². The van der Waals surface area contributed by atoms with Crippen molar-refractivity contribution in [3.8, 4) is 0 Å². The van der Waals surface area contributed by atoms with Crippen LogP contribution in [-0.4, -0.2) is 84.1 Å². The molecule has 2 aliphatic heterocycles. The predicted octanol–water partition coefficient (Wildman–Crippen LogP) is 3.12. The zero-order valence-corrected chi connectivity index (χ0v) is 26.8. The largest absolute Gasteiger partial charge is 0.498 e. The average molecular weight is 595 g/mol. The van der Waals surface area contributed by atoms with E-state index in [-0.39, 0.29) is 22.7 Å². The molecule has 0 radical (unpaired) electrons. The first-order chi connectivity index (χ1) is 18.8. The Bertz CT molecular complexity index is 1160. The van der Waals surface area contributed by atoms with Crippen molar-refractivity contribution in [1.82, 2.24) is 20.2 Å². The lowest BCUT2D eigenvalue weighted by Gasteiger charge is -2.35. The Morgan fingerprint density at radius 3 is 2.12 bits per heavy atom. The molecule has 0 bridgehead atoms. The number of ether oxygens (including phenoxy) is 1. The van der Waals surface area contributed by atoms with Gasteiger partial charge in [0.2, 0.25) is 20.9 Å². The Morgan fingerprint density at radius 2 is 1.63 bits per heavy atom. The number of hydrogen-bond acceptors (Lipinski definition) is 9. The minimum absolute atomic E-state index is 0.0444. The Balaban J connectivity index is 1.46. The number of aromatic nitrogens is 2. The first-order valence-electron chi connectivity index (χ1n) is 14.5. The van der Waals surface area contributed by atoms with Gasteiger partial charge in [0.1, 0.15) is 11.6 Å². The summed E-state index contributed by atoms with van der Waals surface area (Å²) in [6.45, 7) is 18.0. The van der Waals surface area contributed by atoms with Crippen molar-refractivity contribution in [2.45, 2.75) is 116 Å². The highest BCUT2D eigenvalue weighted by Gasteiger charge is 2.52. The molecule has 0 aromatic carbocycles. The van der Waals surface area contributed by atoms with Gasteiger partial charge in [-0.3, -0.25) is 4.79 Å². The normalized spacial score (nSPS) is 20.2. The molecule has 2 amide bonds. The Labute approximate surface area is 245 Å². The maximum Gasteiger partial charge on any atom is 0.498 e. The van der Waals surface area contributed by atoms with Crippen LogP contribution in [0.15, 0.2) is 17.6 Å². The second kappa shape index (κ2) is 12.5. The molecule has 230 valence electrons. The molecular weight excluding hydrogens is 547 g/mol. The van der Waals surface area contributed by atoms with Crippen LogP contribution in [0.25, 0.3) is 0 Å². The lowest BCUT2D eigenvalue weighted by atomic mass is 9.81. The van der Waals surface area contributed by atoms with E-state index >= 15 is 0 Å². The molecule has 2 fully saturated rings. The molecule has 13 heteroatoms. The third kappa shape index (κ3) is 8.64. The molecule has 2 saturated heterocycles. The summed E-state index contributed by atoms with van der Waals surface area (Å²) in [5.74, 6) is 0.0633. The van der Waals surface area contributed by atoms with Gasteiger partial charge < -0.3 is 24.3 Å². The molecule has 41 heavy (non-hydrogen) atoms. The van der Waals surface area contributed by atoms with Gasteiger partial charge >= 0.3 is 13.2 Å². The first kappa shape index (κ1) is 33.3. The minimum atomic E-state index is -3.64. The van der Waals surface area contributed by atoms with Gasteiger partial charge in [0.25, 0.3) is 0 Å². The topological polar surface area (TPSA) is 137 Å². The molecule has 0 aliphatic carbocycles. The van der Waals surface area contributed by atoms with Crippen LogP contribution in [0.4, 0.5) is 4.79 Å². The monoisotopic (exact) mass is 594 g/mol. The van der Waals surface area contributed by atoms with Crippen molar-refractivity contribution < 1.29 is 32.1 Å². The maximum absolute atomic E-state index is 13.2. The molecule has 0 spiro atoms. The Kier molecular flexibility index (Phi) is 10.2. The van der Waals surface area contributed by atoms with Crippen molar-refractivity contribution in [1.29, 1.82) is 0 Å². The summed E-state index contributed by atoms with van der Waals surface area (Å²) >= 11 is 0. The molecular formula is C28H47BN4O7S. The van der Waals surface area contributed by atoms with E-state index in [1.54, 1.807) is 25.7 Å². The number of alkyl carbamates (subject to hydrolysis) is 1. The summed E-state index contributed by atoms with van der Waals surface area (Å²) in [6.07, 6.45) is 5.08.